The summed E-state index contributed by atoms with van der Waals surface area (Å²) in [6.07, 6.45) is 2.20. The predicted molar refractivity (Wildman–Crippen MR) is 107 cm³/mol. The molecule has 2 aliphatic heterocycles. The second-order valence-corrected chi connectivity index (χ2v) is 7.28. The Hall–Kier alpha value is -3.15. The van der Waals surface area contributed by atoms with E-state index in [-0.39, 0.29) is 24.1 Å². The maximum Gasteiger partial charge on any atom is 0.255 e. The van der Waals surface area contributed by atoms with Gasteiger partial charge in [0.1, 0.15) is 0 Å². The molecule has 3 amide bonds. The molecule has 0 unspecified atom stereocenters. The Morgan fingerprint density at radius 2 is 1.61 bits per heavy atom. The van der Waals surface area contributed by atoms with Crippen LogP contribution in [0, 0.1) is 5.92 Å². The van der Waals surface area contributed by atoms with Gasteiger partial charge in [0.2, 0.25) is 11.8 Å². The van der Waals surface area contributed by atoms with E-state index in [1.165, 1.54) is 0 Å². The normalized spacial score (nSPS) is 19.1. The number of hydrogen-bond donors (Lipinski definition) is 1. The van der Waals surface area contributed by atoms with E-state index >= 15 is 0 Å². The number of nitrogens with one attached hydrogen (secondary N) is 1. The Labute approximate surface area is 164 Å². The Kier molecular flexibility index (Phi) is 5.10. The third kappa shape index (κ3) is 3.63. The van der Waals surface area contributed by atoms with E-state index in [1.807, 2.05) is 35.2 Å². The van der Waals surface area contributed by atoms with Crippen LogP contribution in [0.1, 0.15) is 29.6 Å². The van der Waals surface area contributed by atoms with Gasteiger partial charge in [0.25, 0.3) is 5.91 Å². The van der Waals surface area contributed by atoms with Crippen molar-refractivity contribution < 1.29 is 14.4 Å². The maximum absolute atomic E-state index is 12.8. The first kappa shape index (κ1) is 18.2. The van der Waals surface area contributed by atoms with E-state index in [0.717, 1.165) is 31.6 Å². The van der Waals surface area contributed by atoms with Crippen molar-refractivity contribution in [2.45, 2.75) is 19.3 Å². The van der Waals surface area contributed by atoms with Gasteiger partial charge in [0.05, 0.1) is 17.2 Å². The summed E-state index contributed by atoms with van der Waals surface area (Å²) in [6, 6.07) is 16.4. The molecule has 0 bridgehead atoms. The fraction of sp³-hybridized carbons (Fsp3) is 0.318. The van der Waals surface area contributed by atoms with Crippen LogP contribution in [0.2, 0.25) is 0 Å². The molecule has 2 aromatic rings. The summed E-state index contributed by atoms with van der Waals surface area (Å²) in [5.74, 6) is -0.786. The molecule has 2 aromatic carbocycles. The molecule has 4 rings (SSSR count). The summed E-state index contributed by atoms with van der Waals surface area (Å²) in [5.41, 5.74) is 1.81. The highest BCUT2D eigenvalue weighted by Gasteiger charge is 2.35. The molecule has 2 fully saturated rings. The highest BCUT2D eigenvalue weighted by atomic mass is 16.2. The quantitative estimate of drug-likeness (QED) is 0.891. The van der Waals surface area contributed by atoms with E-state index in [4.69, 9.17) is 0 Å². The lowest BCUT2D eigenvalue weighted by Gasteiger charge is -2.19. The molecule has 144 valence electrons. The molecule has 2 saturated heterocycles. The number of amides is 3. The summed E-state index contributed by atoms with van der Waals surface area (Å²) >= 11 is 0. The Morgan fingerprint density at radius 3 is 2.36 bits per heavy atom. The van der Waals surface area contributed by atoms with Crippen molar-refractivity contribution in [3.63, 3.8) is 0 Å². The molecule has 6 nitrogen and oxygen atoms in total. The van der Waals surface area contributed by atoms with Crippen LogP contribution in [0.4, 0.5) is 11.4 Å². The lowest BCUT2D eigenvalue weighted by molar-refractivity contribution is -0.122. The van der Waals surface area contributed by atoms with Gasteiger partial charge >= 0.3 is 0 Å². The number of hydrogen-bond acceptors (Lipinski definition) is 3. The molecular weight excluding hydrogens is 354 g/mol. The van der Waals surface area contributed by atoms with Crippen LogP contribution in [0.15, 0.2) is 54.6 Å². The maximum atomic E-state index is 12.8. The van der Waals surface area contributed by atoms with Crippen LogP contribution in [0.3, 0.4) is 0 Å². The van der Waals surface area contributed by atoms with Gasteiger partial charge < -0.3 is 15.1 Å². The summed E-state index contributed by atoms with van der Waals surface area (Å²) in [5, 5.41) is 2.88. The SMILES string of the molecule is O=C(Nc1ccccc1C(=O)N1CCCC1)[C@H]1CC(=O)N(c2ccccc2)C1. The summed E-state index contributed by atoms with van der Waals surface area (Å²) in [7, 11) is 0. The molecule has 1 atom stereocenters. The van der Waals surface area contributed by atoms with Crippen molar-refractivity contribution in [3.05, 3.63) is 60.2 Å². The Morgan fingerprint density at radius 1 is 0.929 bits per heavy atom. The minimum absolute atomic E-state index is 0.0539. The second-order valence-electron chi connectivity index (χ2n) is 7.28. The zero-order valence-corrected chi connectivity index (χ0v) is 15.6. The van der Waals surface area contributed by atoms with Crippen molar-refractivity contribution >= 4 is 29.1 Å². The zero-order valence-electron chi connectivity index (χ0n) is 15.6. The molecule has 2 heterocycles. The summed E-state index contributed by atoms with van der Waals surface area (Å²) in [4.78, 5) is 41.4. The van der Waals surface area contributed by atoms with E-state index < -0.39 is 5.92 Å². The number of benzene rings is 2. The number of carbonyl (C=O) groups excluding carboxylic acids is 3. The third-order valence-corrected chi connectivity index (χ3v) is 5.37. The highest BCUT2D eigenvalue weighted by molar-refractivity contribution is 6.07. The first-order valence-corrected chi connectivity index (χ1v) is 9.68. The van der Waals surface area contributed by atoms with Gasteiger partial charge in [-0.1, -0.05) is 30.3 Å². The summed E-state index contributed by atoms with van der Waals surface area (Å²) < 4.78 is 0. The largest absolute Gasteiger partial charge is 0.339 e. The van der Waals surface area contributed by atoms with Gasteiger partial charge in [-0.3, -0.25) is 14.4 Å². The molecule has 0 aromatic heterocycles. The number of likely N-dealkylation sites (tertiary alicyclic amines) is 1. The number of rotatable bonds is 4. The molecule has 0 radical (unpaired) electrons. The van der Waals surface area contributed by atoms with Gasteiger partial charge in [-0.25, -0.2) is 0 Å². The van der Waals surface area contributed by atoms with Crippen LogP contribution in [-0.2, 0) is 9.59 Å². The molecule has 2 aliphatic rings. The minimum Gasteiger partial charge on any atom is -0.339 e. The first-order chi connectivity index (χ1) is 13.6. The van der Waals surface area contributed by atoms with Crippen molar-refractivity contribution in [3.8, 4) is 0 Å². The number of nitrogens with zero attached hydrogens (tertiary/aromatic N) is 2. The monoisotopic (exact) mass is 377 g/mol. The van der Waals surface area contributed by atoms with Gasteiger partial charge in [0, 0.05) is 31.7 Å². The van der Waals surface area contributed by atoms with E-state index in [1.54, 1.807) is 29.2 Å². The molecule has 1 N–H and O–H groups in total. The number of anilines is 2. The van der Waals surface area contributed by atoms with E-state index in [0.29, 0.717) is 17.8 Å². The van der Waals surface area contributed by atoms with Crippen LogP contribution >= 0.6 is 0 Å². The lowest BCUT2D eigenvalue weighted by Crippen LogP contribution is -2.30. The topological polar surface area (TPSA) is 69.7 Å². The molecule has 6 heteroatoms. The van der Waals surface area contributed by atoms with Crippen molar-refractivity contribution in [1.82, 2.24) is 4.90 Å². The number of para-hydroxylation sites is 2. The molecule has 0 spiro atoms. The highest BCUT2D eigenvalue weighted by Crippen LogP contribution is 2.27. The fourth-order valence-electron chi connectivity index (χ4n) is 3.84. The van der Waals surface area contributed by atoms with E-state index in [2.05, 4.69) is 5.32 Å². The molecule has 28 heavy (non-hydrogen) atoms. The van der Waals surface area contributed by atoms with Crippen molar-refractivity contribution in [2.75, 3.05) is 29.9 Å². The van der Waals surface area contributed by atoms with Crippen molar-refractivity contribution in [1.29, 1.82) is 0 Å². The molecular formula is C22H23N3O3. The average molecular weight is 377 g/mol. The van der Waals surface area contributed by atoms with Gasteiger partial charge in [-0.05, 0) is 37.1 Å². The van der Waals surface area contributed by atoms with Crippen LogP contribution < -0.4 is 10.2 Å². The van der Waals surface area contributed by atoms with Gasteiger partial charge in [-0.15, -0.1) is 0 Å². The van der Waals surface area contributed by atoms with Crippen molar-refractivity contribution in [2.24, 2.45) is 5.92 Å². The minimum atomic E-state index is -0.442. The summed E-state index contributed by atoms with van der Waals surface area (Å²) in [6.45, 7) is 1.85. The Balaban J connectivity index is 1.47. The van der Waals surface area contributed by atoms with Gasteiger partial charge in [-0.2, -0.15) is 0 Å². The van der Waals surface area contributed by atoms with Crippen LogP contribution in [0.5, 0.6) is 0 Å². The average Bonchev–Trinajstić information content (AvgIpc) is 3.38. The standard InChI is InChI=1S/C22H23N3O3/c26-20-14-16(15-25(20)17-8-2-1-3-9-17)21(27)23-19-11-5-4-10-18(19)22(28)24-12-6-7-13-24/h1-5,8-11,16H,6-7,12-15H2,(H,23,27)/t16-/m0/s1. The molecule has 0 saturated carbocycles. The third-order valence-electron chi connectivity index (χ3n) is 5.37. The predicted octanol–water partition coefficient (Wildman–Crippen LogP) is 2.91. The second kappa shape index (κ2) is 7.84. The number of carbonyl (C=O) groups is 3. The van der Waals surface area contributed by atoms with Crippen LogP contribution in [0.25, 0.3) is 0 Å². The smallest absolute Gasteiger partial charge is 0.255 e. The fourth-order valence-corrected chi connectivity index (χ4v) is 3.84. The molecule has 0 aliphatic carbocycles. The van der Waals surface area contributed by atoms with E-state index in [9.17, 15) is 14.4 Å². The first-order valence-electron chi connectivity index (χ1n) is 9.68. The van der Waals surface area contributed by atoms with Crippen LogP contribution in [-0.4, -0.2) is 42.3 Å². The Bertz CT molecular complexity index is 891. The zero-order chi connectivity index (χ0) is 19.5. The van der Waals surface area contributed by atoms with Gasteiger partial charge in [0.15, 0.2) is 0 Å². The lowest BCUT2D eigenvalue weighted by atomic mass is 10.1.